The SMILES string of the molecule is C[C@@H](c1ccc2c(c1)OCO2)N1CCN(c2ccc(C(N)=O)cn2)CC1. The van der Waals surface area contributed by atoms with Crippen molar-refractivity contribution in [3.05, 3.63) is 47.7 Å². The molecule has 2 N–H and O–H groups in total. The monoisotopic (exact) mass is 354 g/mol. The molecule has 1 aromatic carbocycles. The van der Waals surface area contributed by atoms with Crippen LogP contribution in [0.15, 0.2) is 36.5 Å². The van der Waals surface area contributed by atoms with E-state index in [1.165, 1.54) is 5.56 Å². The van der Waals surface area contributed by atoms with Crippen LogP contribution in [-0.4, -0.2) is 48.8 Å². The third kappa shape index (κ3) is 3.17. The van der Waals surface area contributed by atoms with E-state index in [-0.39, 0.29) is 0 Å². The van der Waals surface area contributed by atoms with Crippen molar-refractivity contribution >= 4 is 11.7 Å². The first kappa shape index (κ1) is 16.7. The summed E-state index contributed by atoms with van der Waals surface area (Å²) in [5.74, 6) is 2.07. The van der Waals surface area contributed by atoms with E-state index in [0.29, 0.717) is 18.4 Å². The Morgan fingerprint density at radius 3 is 2.58 bits per heavy atom. The van der Waals surface area contributed by atoms with Crippen LogP contribution in [-0.2, 0) is 0 Å². The maximum atomic E-state index is 11.2. The molecule has 3 heterocycles. The summed E-state index contributed by atoms with van der Waals surface area (Å²) in [5.41, 5.74) is 6.93. The minimum Gasteiger partial charge on any atom is -0.454 e. The zero-order valence-electron chi connectivity index (χ0n) is 14.7. The number of amides is 1. The van der Waals surface area contributed by atoms with Crippen LogP contribution in [0.2, 0.25) is 0 Å². The first-order valence-corrected chi connectivity index (χ1v) is 8.76. The number of anilines is 1. The van der Waals surface area contributed by atoms with Crippen LogP contribution in [0.3, 0.4) is 0 Å². The summed E-state index contributed by atoms with van der Waals surface area (Å²) < 4.78 is 10.9. The van der Waals surface area contributed by atoms with Gasteiger partial charge in [0.1, 0.15) is 5.82 Å². The number of primary amides is 1. The molecule has 1 atom stereocenters. The number of benzene rings is 1. The van der Waals surface area contributed by atoms with Gasteiger partial charge in [0.15, 0.2) is 11.5 Å². The van der Waals surface area contributed by atoms with E-state index < -0.39 is 5.91 Å². The number of carbonyl (C=O) groups is 1. The number of piperazine rings is 1. The minimum atomic E-state index is -0.452. The van der Waals surface area contributed by atoms with Crippen molar-refractivity contribution in [1.29, 1.82) is 0 Å². The zero-order valence-corrected chi connectivity index (χ0v) is 14.7. The standard InChI is InChI=1S/C19H22N4O3/c1-13(14-2-4-16-17(10-14)26-12-25-16)22-6-8-23(9-7-22)18-5-3-15(11-21-18)19(20)24/h2-5,10-11,13H,6-9,12H2,1H3,(H2,20,24)/t13-/m0/s1. The van der Waals surface area contributed by atoms with Gasteiger partial charge < -0.3 is 20.1 Å². The molecule has 7 nitrogen and oxygen atoms in total. The van der Waals surface area contributed by atoms with Crippen LogP contribution in [0.4, 0.5) is 5.82 Å². The van der Waals surface area contributed by atoms with Gasteiger partial charge in [0.05, 0.1) is 5.56 Å². The smallest absolute Gasteiger partial charge is 0.250 e. The predicted octanol–water partition coefficient (Wildman–Crippen LogP) is 1.79. The van der Waals surface area contributed by atoms with Gasteiger partial charge in [-0.15, -0.1) is 0 Å². The molecule has 1 aromatic heterocycles. The zero-order chi connectivity index (χ0) is 18.1. The summed E-state index contributed by atoms with van der Waals surface area (Å²) in [6.07, 6.45) is 1.54. The van der Waals surface area contributed by atoms with Crippen LogP contribution in [0, 0.1) is 0 Å². The third-order valence-electron chi connectivity index (χ3n) is 5.10. The van der Waals surface area contributed by atoms with Gasteiger partial charge in [0.2, 0.25) is 12.7 Å². The Labute approximate surface area is 152 Å². The molecule has 2 aromatic rings. The molecule has 26 heavy (non-hydrogen) atoms. The highest BCUT2D eigenvalue weighted by molar-refractivity contribution is 5.92. The summed E-state index contributed by atoms with van der Waals surface area (Å²) in [6.45, 7) is 6.17. The topological polar surface area (TPSA) is 80.9 Å². The first-order valence-electron chi connectivity index (χ1n) is 8.76. The van der Waals surface area contributed by atoms with Crippen molar-refractivity contribution < 1.29 is 14.3 Å². The van der Waals surface area contributed by atoms with E-state index in [1.54, 1.807) is 12.3 Å². The lowest BCUT2D eigenvalue weighted by Crippen LogP contribution is -2.47. The van der Waals surface area contributed by atoms with Gasteiger partial charge in [-0.05, 0) is 36.8 Å². The molecule has 0 bridgehead atoms. The highest BCUT2D eigenvalue weighted by Gasteiger charge is 2.24. The van der Waals surface area contributed by atoms with Gasteiger partial charge in [-0.2, -0.15) is 0 Å². The van der Waals surface area contributed by atoms with E-state index in [4.69, 9.17) is 15.2 Å². The summed E-state index contributed by atoms with van der Waals surface area (Å²) in [7, 11) is 0. The van der Waals surface area contributed by atoms with Gasteiger partial charge in [0, 0.05) is 38.4 Å². The highest BCUT2D eigenvalue weighted by Crippen LogP contribution is 2.35. The van der Waals surface area contributed by atoms with Crippen molar-refractivity contribution in [3.8, 4) is 11.5 Å². The lowest BCUT2D eigenvalue weighted by Gasteiger charge is -2.38. The maximum Gasteiger partial charge on any atom is 0.250 e. The predicted molar refractivity (Wildman–Crippen MR) is 97.5 cm³/mol. The molecule has 136 valence electrons. The number of nitrogens with zero attached hydrogens (tertiary/aromatic N) is 3. The van der Waals surface area contributed by atoms with E-state index in [1.807, 2.05) is 12.1 Å². The van der Waals surface area contributed by atoms with Gasteiger partial charge in [-0.25, -0.2) is 4.98 Å². The molecule has 2 aliphatic rings. The molecule has 7 heteroatoms. The molecule has 0 saturated carbocycles. The van der Waals surface area contributed by atoms with E-state index in [2.05, 4.69) is 33.8 Å². The molecule has 1 fully saturated rings. The van der Waals surface area contributed by atoms with E-state index in [9.17, 15) is 4.79 Å². The number of aromatic nitrogens is 1. The Balaban J connectivity index is 1.39. The Morgan fingerprint density at radius 1 is 1.12 bits per heavy atom. The number of nitrogens with two attached hydrogens (primary N) is 1. The molecule has 0 radical (unpaired) electrons. The van der Waals surface area contributed by atoms with Crippen LogP contribution in [0.5, 0.6) is 11.5 Å². The maximum absolute atomic E-state index is 11.2. The van der Waals surface area contributed by atoms with Crippen molar-refractivity contribution in [2.75, 3.05) is 37.9 Å². The number of fused-ring (bicyclic) bond motifs is 1. The lowest BCUT2D eigenvalue weighted by molar-refractivity contribution is 0.1000. The summed E-state index contributed by atoms with van der Waals surface area (Å²) in [5, 5.41) is 0. The van der Waals surface area contributed by atoms with E-state index in [0.717, 1.165) is 43.5 Å². The number of ether oxygens (including phenoxy) is 2. The average molecular weight is 354 g/mol. The lowest BCUT2D eigenvalue weighted by atomic mass is 10.1. The second kappa shape index (κ2) is 6.84. The molecular formula is C19H22N4O3. The summed E-state index contributed by atoms with van der Waals surface area (Å²) >= 11 is 0. The summed E-state index contributed by atoms with van der Waals surface area (Å²) in [4.78, 5) is 20.2. The van der Waals surface area contributed by atoms with Crippen LogP contribution in [0.1, 0.15) is 28.9 Å². The van der Waals surface area contributed by atoms with E-state index >= 15 is 0 Å². The number of pyridine rings is 1. The number of rotatable bonds is 4. The number of hydrogen-bond acceptors (Lipinski definition) is 6. The molecule has 4 rings (SSSR count). The first-order chi connectivity index (χ1) is 12.6. The van der Waals surface area contributed by atoms with Crippen molar-refractivity contribution in [2.45, 2.75) is 13.0 Å². The molecule has 1 saturated heterocycles. The molecule has 0 spiro atoms. The van der Waals surface area contributed by atoms with Gasteiger partial charge in [-0.3, -0.25) is 9.69 Å². The second-order valence-corrected chi connectivity index (χ2v) is 6.58. The fourth-order valence-electron chi connectivity index (χ4n) is 3.44. The van der Waals surface area contributed by atoms with Gasteiger partial charge in [-0.1, -0.05) is 6.07 Å². The van der Waals surface area contributed by atoms with Gasteiger partial charge >= 0.3 is 0 Å². The van der Waals surface area contributed by atoms with Crippen molar-refractivity contribution in [2.24, 2.45) is 5.73 Å². The molecule has 0 unspecified atom stereocenters. The minimum absolute atomic E-state index is 0.299. The Bertz CT molecular complexity index is 801. The number of hydrogen-bond donors (Lipinski definition) is 1. The molecule has 1 amide bonds. The number of carbonyl (C=O) groups excluding carboxylic acids is 1. The largest absolute Gasteiger partial charge is 0.454 e. The summed E-state index contributed by atoms with van der Waals surface area (Å²) in [6, 6.07) is 10.0. The molecule has 2 aliphatic heterocycles. The average Bonchev–Trinajstić information content (AvgIpc) is 3.15. The normalized spacial score (nSPS) is 18.0. The van der Waals surface area contributed by atoms with Crippen molar-refractivity contribution in [1.82, 2.24) is 9.88 Å². The Hall–Kier alpha value is -2.80. The second-order valence-electron chi connectivity index (χ2n) is 6.58. The fourth-order valence-corrected chi connectivity index (χ4v) is 3.44. The van der Waals surface area contributed by atoms with Gasteiger partial charge in [0.25, 0.3) is 0 Å². The van der Waals surface area contributed by atoms with Crippen LogP contribution >= 0.6 is 0 Å². The Kier molecular flexibility index (Phi) is 4.38. The van der Waals surface area contributed by atoms with Crippen LogP contribution < -0.4 is 20.1 Å². The quantitative estimate of drug-likeness (QED) is 0.902. The molecule has 0 aliphatic carbocycles. The third-order valence-corrected chi connectivity index (χ3v) is 5.10. The fraction of sp³-hybridized carbons (Fsp3) is 0.368. The van der Waals surface area contributed by atoms with Crippen LogP contribution in [0.25, 0.3) is 0 Å². The molecular weight excluding hydrogens is 332 g/mol. The highest BCUT2D eigenvalue weighted by atomic mass is 16.7. The Morgan fingerprint density at radius 2 is 1.88 bits per heavy atom. The van der Waals surface area contributed by atoms with Crippen molar-refractivity contribution in [3.63, 3.8) is 0 Å².